The molecule has 0 bridgehead atoms. The van der Waals surface area contributed by atoms with Gasteiger partial charge in [-0.25, -0.2) is 0 Å². The van der Waals surface area contributed by atoms with Gasteiger partial charge in [0.2, 0.25) is 11.8 Å². The fraction of sp³-hybridized carbons (Fsp3) is 0.286. The highest BCUT2D eigenvalue weighted by atomic mass is 16.5. The summed E-state index contributed by atoms with van der Waals surface area (Å²) in [5.41, 5.74) is 7.44. The van der Waals surface area contributed by atoms with Gasteiger partial charge in [-0.2, -0.15) is 9.97 Å². The van der Waals surface area contributed by atoms with Crippen molar-refractivity contribution in [1.29, 1.82) is 0 Å². The molecule has 0 radical (unpaired) electrons. The number of nitrogen functional groups attached to an aromatic ring is 1. The molecule has 0 saturated heterocycles. The zero-order chi connectivity index (χ0) is 13.5. The molecule has 1 aromatic carbocycles. The molecule has 5 heteroatoms. The number of aryl methyl sites for hydroxylation is 1. The highest BCUT2D eigenvalue weighted by Gasteiger charge is 2.08. The summed E-state index contributed by atoms with van der Waals surface area (Å²) in [6.07, 6.45) is 3.24. The van der Waals surface area contributed by atoms with E-state index in [0.717, 1.165) is 12.8 Å². The summed E-state index contributed by atoms with van der Waals surface area (Å²) in [5.74, 6) is 0.716. The number of nitrogens with two attached hydrogens (primary N) is 1. The van der Waals surface area contributed by atoms with Crippen molar-refractivity contribution in [1.82, 2.24) is 9.97 Å². The van der Waals surface area contributed by atoms with Gasteiger partial charge in [0.25, 0.3) is 0 Å². The van der Waals surface area contributed by atoms with E-state index in [-0.39, 0.29) is 0 Å². The average molecular weight is 259 g/mol. The maximum atomic E-state index is 5.81. The second kappa shape index (κ2) is 6.58. The van der Waals surface area contributed by atoms with Gasteiger partial charge in [-0.05, 0) is 18.4 Å². The zero-order valence-electron chi connectivity index (χ0n) is 10.9. The molecular weight excluding hydrogens is 242 g/mol. The topological polar surface area (TPSA) is 70.3 Å². The molecule has 2 aromatic rings. The Morgan fingerprint density at radius 3 is 2.58 bits per heavy atom. The van der Waals surface area contributed by atoms with Crippen LogP contribution >= 0.6 is 0 Å². The van der Waals surface area contributed by atoms with Gasteiger partial charge in [0, 0.05) is 0 Å². The van der Waals surface area contributed by atoms with E-state index in [1.807, 2.05) is 18.2 Å². The van der Waals surface area contributed by atoms with Crippen LogP contribution in [0.2, 0.25) is 0 Å². The number of aromatic nitrogens is 2. The molecule has 2 N–H and O–H groups in total. The third-order valence-electron chi connectivity index (χ3n) is 2.70. The maximum absolute atomic E-state index is 5.81. The van der Waals surface area contributed by atoms with E-state index in [1.165, 1.54) is 19.0 Å². The first kappa shape index (κ1) is 13.1. The lowest BCUT2D eigenvalue weighted by atomic mass is 10.1. The van der Waals surface area contributed by atoms with Crippen molar-refractivity contribution in [2.75, 3.05) is 19.5 Å². The molecule has 0 saturated carbocycles. The first-order valence-corrected chi connectivity index (χ1v) is 6.12. The molecule has 0 unspecified atom stereocenters. The van der Waals surface area contributed by atoms with E-state index in [1.54, 1.807) is 0 Å². The Hall–Kier alpha value is -2.30. The van der Waals surface area contributed by atoms with E-state index in [4.69, 9.17) is 15.2 Å². The van der Waals surface area contributed by atoms with E-state index in [9.17, 15) is 0 Å². The lowest BCUT2D eigenvalue weighted by Crippen LogP contribution is -2.05. The molecule has 0 aliphatic heterocycles. The van der Waals surface area contributed by atoms with Crippen LogP contribution in [0.3, 0.4) is 0 Å². The molecule has 0 aliphatic rings. The SMILES string of the molecule is COc1ncnc(OCCCc2ccccc2)c1N. The average Bonchev–Trinajstić information content (AvgIpc) is 2.46. The van der Waals surface area contributed by atoms with Crippen LogP contribution in [0, 0.1) is 0 Å². The molecule has 1 aromatic heterocycles. The number of hydrogen-bond donors (Lipinski definition) is 1. The lowest BCUT2D eigenvalue weighted by Gasteiger charge is -2.09. The van der Waals surface area contributed by atoms with Crippen molar-refractivity contribution < 1.29 is 9.47 Å². The minimum Gasteiger partial charge on any atom is -0.479 e. The number of nitrogens with zero attached hydrogens (tertiary/aromatic N) is 2. The van der Waals surface area contributed by atoms with Gasteiger partial charge in [0.05, 0.1) is 13.7 Å². The highest BCUT2D eigenvalue weighted by molar-refractivity contribution is 5.55. The van der Waals surface area contributed by atoms with Crippen molar-refractivity contribution >= 4 is 5.69 Å². The molecule has 0 fully saturated rings. The largest absolute Gasteiger partial charge is 0.479 e. The fourth-order valence-corrected chi connectivity index (χ4v) is 1.73. The Bertz CT molecular complexity index is 517. The summed E-state index contributed by atoms with van der Waals surface area (Å²) in [5, 5.41) is 0. The minimum absolute atomic E-state index is 0.338. The van der Waals surface area contributed by atoms with Gasteiger partial charge in [-0.1, -0.05) is 30.3 Å². The molecule has 0 spiro atoms. The highest BCUT2D eigenvalue weighted by Crippen LogP contribution is 2.26. The van der Waals surface area contributed by atoms with Crippen LogP contribution in [-0.2, 0) is 6.42 Å². The van der Waals surface area contributed by atoms with E-state index < -0.39 is 0 Å². The van der Waals surface area contributed by atoms with Crippen LogP contribution < -0.4 is 15.2 Å². The van der Waals surface area contributed by atoms with Crippen LogP contribution in [0.4, 0.5) is 5.69 Å². The van der Waals surface area contributed by atoms with Crippen LogP contribution in [0.5, 0.6) is 11.8 Å². The second-order valence-electron chi connectivity index (χ2n) is 4.04. The number of ether oxygens (including phenoxy) is 2. The maximum Gasteiger partial charge on any atom is 0.244 e. The van der Waals surface area contributed by atoms with Crippen molar-refractivity contribution in [3.8, 4) is 11.8 Å². The Labute approximate surface area is 112 Å². The summed E-state index contributed by atoms with van der Waals surface area (Å²) in [6, 6.07) is 10.3. The van der Waals surface area contributed by atoms with Crippen LogP contribution in [0.15, 0.2) is 36.7 Å². The minimum atomic E-state index is 0.338. The Balaban J connectivity index is 1.83. The number of benzene rings is 1. The van der Waals surface area contributed by atoms with Crippen molar-refractivity contribution in [3.63, 3.8) is 0 Å². The van der Waals surface area contributed by atoms with Gasteiger partial charge >= 0.3 is 0 Å². The molecule has 1 heterocycles. The van der Waals surface area contributed by atoms with Gasteiger partial charge in [-0.15, -0.1) is 0 Å². The summed E-state index contributed by atoms with van der Waals surface area (Å²) in [6.45, 7) is 0.555. The van der Waals surface area contributed by atoms with Gasteiger partial charge in [0.1, 0.15) is 6.33 Å². The predicted molar refractivity (Wildman–Crippen MR) is 73.3 cm³/mol. The number of methoxy groups -OCH3 is 1. The number of anilines is 1. The Morgan fingerprint density at radius 1 is 1.11 bits per heavy atom. The molecule has 5 nitrogen and oxygen atoms in total. The van der Waals surface area contributed by atoms with Crippen LogP contribution in [0.25, 0.3) is 0 Å². The summed E-state index contributed by atoms with van der Waals surface area (Å²) < 4.78 is 10.6. The molecule has 0 aliphatic carbocycles. The van der Waals surface area contributed by atoms with Gasteiger partial charge < -0.3 is 15.2 Å². The second-order valence-corrected chi connectivity index (χ2v) is 4.04. The smallest absolute Gasteiger partial charge is 0.244 e. The third-order valence-corrected chi connectivity index (χ3v) is 2.70. The molecule has 0 atom stereocenters. The fourth-order valence-electron chi connectivity index (χ4n) is 1.73. The monoisotopic (exact) mass is 259 g/mol. The normalized spacial score (nSPS) is 10.2. The molecular formula is C14H17N3O2. The molecule has 100 valence electrons. The van der Waals surface area contributed by atoms with Gasteiger partial charge in [-0.3, -0.25) is 0 Å². The van der Waals surface area contributed by atoms with Crippen LogP contribution in [0.1, 0.15) is 12.0 Å². The van der Waals surface area contributed by atoms with Crippen molar-refractivity contribution in [2.45, 2.75) is 12.8 Å². The summed E-state index contributed by atoms with van der Waals surface area (Å²) >= 11 is 0. The third kappa shape index (κ3) is 3.58. The predicted octanol–water partition coefficient (Wildman–Crippen LogP) is 2.08. The quantitative estimate of drug-likeness (QED) is 0.804. The first-order chi connectivity index (χ1) is 9.31. The van der Waals surface area contributed by atoms with Crippen molar-refractivity contribution in [3.05, 3.63) is 42.2 Å². The van der Waals surface area contributed by atoms with E-state index in [0.29, 0.717) is 24.1 Å². The first-order valence-electron chi connectivity index (χ1n) is 6.12. The molecule has 0 amide bonds. The number of rotatable bonds is 6. The van der Waals surface area contributed by atoms with E-state index >= 15 is 0 Å². The standard InChI is InChI=1S/C14H17N3O2/c1-18-13-12(15)14(17-10-16-13)19-9-5-8-11-6-3-2-4-7-11/h2-4,6-7,10H,5,8-9,15H2,1H3. The van der Waals surface area contributed by atoms with E-state index in [2.05, 4.69) is 22.1 Å². The molecule has 19 heavy (non-hydrogen) atoms. The number of hydrogen-bond acceptors (Lipinski definition) is 5. The lowest BCUT2D eigenvalue weighted by molar-refractivity contribution is 0.297. The summed E-state index contributed by atoms with van der Waals surface area (Å²) in [7, 11) is 1.51. The van der Waals surface area contributed by atoms with Crippen LogP contribution in [-0.4, -0.2) is 23.7 Å². The molecule has 2 rings (SSSR count). The Morgan fingerprint density at radius 2 is 1.84 bits per heavy atom. The van der Waals surface area contributed by atoms with Gasteiger partial charge in [0.15, 0.2) is 5.69 Å². The summed E-state index contributed by atoms with van der Waals surface area (Å²) in [4.78, 5) is 7.89. The van der Waals surface area contributed by atoms with Crippen molar-refractivity contribution in [2.24, 2.45) is 0 Å². The Kier molecular flexibility index (Phi) is 4.55. The zero-order valence-corrected chi connectivity index (χ0v) is 10.9.